The van der Waals surface area contributed by atoms with Gasteiger partial charge in [-0.15, -0.1) is 0 Å². The number of nitrogens with one attached hydrogen (secondary N) is 1. The Bertz CT molecular complexity index is 897. The summed E-state index contributed by atoms with van der Waals surface area (Å²) in [6, 6.07) is 9.59. The van der Waals surface area contributed by atoms with E-state index < -0.39 is 0 Å². The van der Waals surface area contributed by atoms with E-state index in [2.05, 4.69) is 32.1 Å². The predicted octanol–water partition coefficient (Wildman–Crippen LogP) is 3.58. The van der Waals surface area contributed by atoms with E-state index in [-0.39, 0.29) is 5.95 Å². The standard InChI is InChI=1S/C19H21ClN6/c1-26-10-7-13(8-11-26)18-16(15-6-9-22-19(21)23-15)17(24-25-18)12-2-4-14(20)5-3-12/h2-6,9,13H,7-8,10-11H2,1H3,(H,24,25)(H2,21,22,23). The average molecular weight is 369 g/mol. The van der Waals surface area contributed by atoms with Crippen LogP contribution in [0.4, 0.5) is 5.95 Å². The topological polar surface area (TPSA) is 83.7 Å². The molecule has 0 aliphatic carbocycles. The molecular formula is C19H21ClN6. The van der Waals surface area contributed by atoms with Gasteiger partial charge in [0.2, 0.25) is 5.95 Å². The maximum Gasteiger partial charge on any atom is 0.220 e. The van der Waals surface area contributed by atoms with Crippen molar-refractivity contribution in [3.63, 3.8) is 0 Å². The van der Waals surface area contributed by atoms with E-state index in [1.165, 1.54) is 0 Å². The second-order valence-electron chi connectivity index (χ2n) is 6.75. The molecule has 26 heavy (non-hydrogen) atoms. The molecule has 7 heteroatoms. The van der Waals surface area contributed by atoms with E-state index in [0.29, 0.717) is 10.9 Å². The monoisotopic (exact) mass is 368 g/mol. The molecule has 3 aromatic rings. The number of nitrogens with zero attached hydrogens (tertiary/aromatic N) is 4. The van der Waals surface area contributed by atoms with Crippen LogP contribution in [0, 0.1) is 0 Å². The van der Waals surface area contributed by atoms with Crippen molar-refractivity contribution < 1.29 is 0 Å². The van der Waals surface area contributed by atoms with Gasteiger partial charge in [-0.25, -0.2) is 9.97 Å². The third-order valence-electron chi connectivity index (χ3n) is 4.97. The Hall–Kier alpha value is -2.44. The number of benzene rings is 1. The summed E-state index contributed by atoms with van der Waals surface area (Å²) in [6.07, 6.45) is 3.87. The van der Waals surface area contributed by atoms with Gasteiger partial charge in [0, 0.05) is 34.0 Å². The Morgan fingerprint density at radius 3 is 2.58 bits per heavy atom. The first-order chi connectivity index (χ1) is 12.6. The second kappa shape index (κ2) is 7.05. The molecule has 1 saturated heterocycles. The summed E-state index contributed by atoms with van der Waals surface area (Å²) in [5, 5.41) is 8.62. The van der Waals surface area contributed by atoms with Crippen LogP contribution < -0.4 is 5.73 Å². The van der Waals surface area contributed by atoms with Crippen molar-refractivity contribution in [2.45, 2.75) is 18.8 Å². The Morgan fingerprint density at radius 1 is 1.15 bits per heavy atom. The fraction of sp³-hybridized carbons (Fsp3) is 0.316. The molecular weight excluding hydrogens is 348 g/mol. The van der Waals surface area contributed by atoms with Crippen molar-refractivity contribution in [3.8, 4) is 22.5 Å². The number of hydrogen-bond acceptors (Lipinski definition) is 5. The summed E-state index contributed by atoms with van der Waals surface area (Å²) in [5.74, 6) is 0.686. The van der Waals surface area contributed by atoms with Gasteiger partial charge in [0.1, 0.15) is 5.69 Å². The number of halogens is 1. The summed E-state index contributed by atoms with van der Waals surface area (Å²) in [7, 11) is 2.16. The van der Waals surface area contributed by atoms with Crippen LogP contribution in [-0.4, -0.2) is 45.2 Å². The first-order valence-electron chi connectivity index (χ1n) is 8.73. The minimum absolute atomic E-state index is 0.264. The predicted molar refractivity (Wildman–Crippen MR) is 104 cm³/mol. The number of nitrogens with two attached hydrogens (primary N) is 1. The van der Waals surface area contributed by atoms with E-state index in [1.54, 1.807) is 6.20 Å². The van der Waals surface area contributed by atoms with Crippen molar-refractivity contribution in [2.75, 3.05) is 25.9 Å². The Morgan fingerprint density at radius 2 is 1.88 bits per heavy atom. The van der Waals surface area contributed by atoms with Gasteiger partial charge in [0.05, 0.1) is 5.69 Å². The van der Waals surface area contributed by atoms with Crippen LogP contribution in [0.3, 0.4) is 0 Å². The molecule has 0 bridgehead atoms. The zero-order valence-corrected chi connectivity index (χ0v) is 15.4. The van der Waals surface area contributed by atoms with Gasteiger partial charge in [0.15, 0.2) is 0 Å². The van der Waals surface area contributed by atoms with Crippen LogP contribution in [0.5, 0.6) is 0 Å². The molecule has 3 N–H and O–H groups in total. The van der Waals surface area contributed by atoms with Gasteiger partial charge >= 0.3 is 0 Å². The maximum atomic E-state index is 6.05. The molecule has 1 aliphatic rings. The van der Waals surface area contributed by atoms with Crippen LogP contribution in [0.25, 0.3) is 22.5 Å². The average Bonchev–Trinajstić information content (AvgIpc) is 3.08. The van der Waals surface area contributed by atoms with E-state index in [1.807, 2.05) is 30.3 Å². The second-order valence-corrected chi connectivity index (χ2v) is 7.18. The Kier molecular flexibility index (Phi) is 4.61. The minimum Gasteiger partial charge on any atom is -0.368 e. The molecule has 1 aromatic carbocycles. The maximum absolute atomic E-state index is 6.05. The Labute approximate surface area is 157 Å². The number of anilines is 1. The largest absolute Gasteiger partial charge is 0.368 e. The van der Waals surface area contributed by atoms with Crippen LogP contribution in [0.2, 0.25) is 5.02 Å². The van der Waals surface area contributed by atoms with Gasteiger partial charge in [-0.3, -0.25) is 5.10 Å². The number of piperidine rings is 1. The van der Waals surface area contributed by atoms with Crippen molar-refractivity contribution >= 4 is 17.5 Å². The number of aromatic nitrogens is 4. The van der Waals surface area contributed by atoms with Crippen LogP contribution in [0.15, 0.2) is 36.5 Å². The van der Waals surface area contributed by atoms with Crippen molar-refractivity contribution in [1.29, 1.82) is 0 Å². The number of nitrogen functional groups attached to an aromatic ring is 1. The molecule has 134 valence electrons. The lowest BCUT2D eigenvalue weighted by Gasteiger charge is -2.28. The first kappa shape index (κ1) is 17.0. The highest BCUT2D eigenvalue weighted by molar-refractivity contribution is 6.30. The first-order valence-corrected chi connectivity index (χ1v) is 9.11. The third kappa shape index (κ3) is 3.30. The fourth-order valence-corrected chi connectivity index (χ4v) is 3.66. The lowest BCUT2D eigenvalue weighted by atomic mass is 9.89. The highest BCUT2D eigenvalue weighted by Crippen LogP contribution is 2.39. The zero-order valence-electron chi connectivity index (χ0n) is 14.6. The molecule has 1 fully saturated rings. The molecule has 0 atom stereocenters. The number of likely N-dealkylation sites (tertiary alicyclic amines) is 1. The fourth-order valence-electron chi connectivity index (χ4n) is 3.54. The van der Waals surface area contributed by atoms with Gasteiger partial charge in [-0.2, -0.15) is 5.10 Å². The van der Waals surface area contributed by atoms with E-state index in [4.69, 9.17) is 17.3 Å². The minimum atomic E-state index is 0.264. The van der Waals surface area contributed by atoms with Gasteiger partial charge in [-0.05, 0) is 51.2 Å². The molecule has 3 heterocycles. The van der Waals surface area contributed by atoms with E-state index >= 15 is 0 Å². The summed E-state index contributed by atoms with van der Waals surface area (Å²) in [6.45, 7) is 2.15. The van der Waals surface area contributed by atoms with Gasteiger partial charge in [-0.1, -0.05) is 23.7 Å². The smallest absolute Gasteiger partial charge is 0.220 e. The summed E-state index contributed by atoms with van der Waals surface area (Å²) in [4.78, 5) is 10.8. The van der Waals surface area contributed by atoms with Crippen LogP contribution in [0.1, 0.15) is 24.5 Å². The number of rotatable bonds is 3. The highest BCUT2D eigenvalue weighted by atomic mass is 35.5. The SMILES string of the molecule is CN1CCC(c2[nH]nc(-c3ccc(Cl)cc3)c2-c2ccnc(N)n2)CC1. The number of aromatic amines is 1. The number of H-pyrrole nitrogens is 1. The zero-order chi connectivity index (χ0) is 18.1. The quantitative estimate of drug-likeness (QED) is 0.738. The molecule has 0 radical (unpaired) electrons. The summed E-state index contributed by atoms with van der Waals surface area (Å²) in [5.41, 5.74) is 10.6. The van der Waals surface area contributed by atoms with Gasteiger partial charge in [0.25, 0.3) is 0 Å². The van der Waals surface area contributed by atoms with E-state index in [0.717, 1.165) is 54.1 Å². The van der Waals surface area contributed by atoms with Gasteiger partial charge < -0.3 is 10.6 Å². The molecule has 6 nitrogen and oxygen atoms in total. The lowest BCUT2D eigenvalue weighted by molar-refractivity contribution is 0.253. The molecule has 0 spiro atoms. The third-order valence-corrected chi connectivity index (χ3v) is 5.22. The van der Waals surface area contributed by atoms with Crippen LogP contribution in [-0.2, 0) is 0 Å². The van der Waals surface area contributed by atoms with Crippen molar-refractivity contribution in [3.05, 3.63) is 47.2 Å². The number of hydrogen-bond donors (Lipinski definition) is 2. The highest BCUT2D eigenvalue weighted by Gasteiger charge is 2.26. The molecule has 0 saturated carbocycles. The summed E-state index contributed by atoms with van der Waals surface area (Å²) >= 11 is 6.05. The molecule has 1 aliphatic heterocycles. The van der Waals surface area contributed by atoms with Crippen molar-refractivity contribution in [2.24, 2.45) is 0 Å². The normalized spacial score (nSPS) is 16.1. The molecule has 0 amide bonds. The van der Waals surface area contributed by atoms with Crippen LogP contribution >= 0.6 is 11.6 Å². The molecule has 2 aromatic heterocycles. The molecule has 4 rings (SSSR count). The van der Waals surface area contributed by atoms with E-state index in [9.17, 15) is 0 Å². The molecule has 0 unspecified atom stereocenters. The summed E-state index contributed by atoms with van der Waals surface area (Å²) < 4.78 is 0. The lowest BCUT2D eigenvalue weighted by Crippen LogP contribution is -2.29. The van der Waals surface area contributed by atoms with Crippen molar-refractivity contribution in [1.82, 2.24) is 25.1 Å². The Balaban J connectivity index is 1.83.